The Balaban J connectivity index is 2.23. The van der Waals surface area contributed by atoms with Crippen LogP contribution in [0.5, 0.6) is 0 Å². The Labute approximate surface area is 118 Å². The fraction of sp³-hybridized carbons (Fsp3) is 0.615. The van der Waals surface area contributed by atoms with Gasteiger partial charge >= 0.3 is 5.69 Å². The number of nitrogens with zero attached hydrogens (tertiary/aromatic N) is 2. The molecule has 1 aliphatic rings. The highest BCUT2D eigenvalue weighted by atomic mass is 16.6. The van der Waals surface area contributed by atoms with Gasteiger partial charge in [0.25, 0.3) is 0 Å². The number of nitrogens with one attached hydrogen (secondary N) is 2. The third-order valence-corrected chi connectivity index (χ3v) is 3.97. The van der Waals surface area contributed by atoms with Gasteiger partial charge in [-0.2, -0.15) is 0 Å². The maximum Gasteiger partial charge on any atom is 0.311 e. The molecule has 2 unspecified atom stereocenters. The third kappa shape index (κ3) is 3.16. The van der Waals surface area contributed by atoms with Gasteiger partial charge in [0.05, 0.1) is 4.92 Å². The molecule has 2 atom stereocenters. The summed E-state index contributed by atoms with van der Waals surface area (Å²) in [6.07, 6.45) is 5.64. The van der Waals surface area contributed by atoms with Crippen molar-refractivity contribution in [1.82, 2.24) is 4.98 Å². The molecule has 1 aromatic rings. The van der Waals surface area contributed by atoms with E-state index in [4.69, 9.17) is 5.84 Å². The van der Waals surface area contributed by atoms with Crippen molar-refractivity contribution in [1.29, 1.82) is 0 Å². The predicted octanol–water partition coefficient (Wildman–Crippen LogP) is 2.66. The van der Waals surface area contributed by atoms with Crippen molar-refractivity contribution in [3.05, 3.63) is 22.2 Å². The monoisotopic (exact) mass is 279 g/mol. The van der Waals surface area contributed by atoms with Crippen molar-refractivity contribution in [3.8, 4) is 0 Å². The van der Waals surface area contributed by atoms with E-state index in [-0.39, 0.29) is 11.7 Å². The zero-order chi connectivity index (χ0) is 14.5. The summed E-state index contributed by atoms with van der Waals surface area (Å²) < 4.78 is 0. The number of nitrogens with two attached hydrogens (primary N) is 1. The topological polar surface area (TPSA) is 106 Å². The highest BCUT2D eigenvalue weighted by Gasteiger charge is 2.26. The molecule has 4 N–H and O–H groups in total. The van der Waals surface area contributed by atoms with E-state index in [2.05, 4.69) is 22.7 Å². The molecule has 110 valence electrons. The maximum absolute atomic E-state index is 11.1. The molecule has 0 aliphatic heterocycles. The Morgan fingerprint density at radius 1 is 1.45 bits per heavy atom. The summed E-state index contributed by atoms with van der Waals surface area (Å²) in [7, 11) is 0. The fourth-order valence-corrected chi connectivity index (χ4v) is 2.85. The number of hydrogen-bond acceptors (Lipinski definition) is 6. The van der Waals surface area contributed by atoms with Crippen LogP contribution in [0, 0.1) is 16.0 Å². The molecule has 0 radical (unpaired) electrons. The van der Waals surface area contributed by atoms with Crippen LogP contribution in [0.4, 0.5) is 17.3 Å². The van der Waals surface area contributed by atoms with Gasteiger partial charge in [-0.3, -0.25) is 10.1 Å². The number of nitro groups is 1. The molecule has 7 heteroatoms. The second-order valence-electron chi connectivity index (χ2n) is 5.17. The quantitative estimate of drug-likeness (QED) is 0.434. The largest absolute Gasteiger partial charge is 0.361 e. The Morgan fingerprint density at radius 3 is 2.85 bits per heavy atom. The first-order valence-corrected chi connectivity index (χ1v) is 7.04. The van der Waals surface area contributed by atoms with E-state index in [1.807, 2.05) is 0 Å². The van der Waals surface area contributed by atoms with Gasteiger partial charge < -0.3 is 10.7 Å². The van der Waals surface area contributed by atoms with Gasteiger partial charge in [0.1, 0.15) is 5.82 Å². The van der Waals surface area contributed by atoms with Crippen molar-refractivity contribution in [2.24, 2.45) is 11.8 Å². The molecule has 0 saturated heterocycles. The highest BCUT2D eigenvalue weighted by molar-refractivity contribution is 5.60. The Morgan fingerprint density at radius 2 is 2.20 bits per heavy atom. The average Bonchev–Trinajstić information content (AvgIpc) is 2.47. The van der Waals surface area contributed by atoms with Gasteiger partial charge in [-0.05, 0) is 24.8 Å². The van der Waals surface area contributed by atoms with E-state index in [0.717, 1.165) is 25.7 Å². The lowest BCUT2D eigenvalue weighted by Crippen LogP contribution is -2.32. The van der Waals surface area contributed by atoms with Crippen LogP contribution in [-0.4, -0.2) is 15.9 Å². The first kappa shape index (κ1) is 14.5. The molecule has 0 amide bonds. The lowest BCUT2D eigenvalue weighted by atomic mass is 9.83. The summed E-state index contributed by atoms with van der Waals surface area (Å²) in [5, 5.41) is 14.3. The second kappa shape index (κ2) is 6.51. The Bertz CT molecular complexity index is 480. The van der Waals surface area contributed by atoms with E-state index in [1.165, 1.54) is 18.6 Å². The molecule has 20 heavy (non-hydrogen) atoms. The molecule has 0 spiro atoms. The van der Waals surface area contributed by atoms with E-state index in [9.17, 15) is 10.1 Å². The van der Waals surface area contributed by atoms with Crippen LogP contribution in [-0.2, 0) is 0 Å². The van der Waals surface area contributed by atoms with Gasteiger partial charge in [0.2, 0.25) is 5.82 Å². The van der Waals surface area contributed by atoms with Gasteiger partial charge in [0.15, 0.2) is 0 Å². The summed E-state index contributed by atoms with van der Waals surface area (Å²) in [4.78, 5) is 14.9. The summed E-state index contributed by atoms with van der Waals surface area (Å²) in [6, 6.07) is 3.17. The van der Waals surface area contributed by atoms with Crippen LogP contribution in [0.15, 0.2) is 12.1 Å². The van der Waals surface area contributed by atoms with Gasteiger partial charge in [-0.25, -0.2) is 10.8 Å². The normalized spacial score (nSPS) is 22.3. The first-order chi connectivity index (χ1) is 9.65. The average molecular weight is 279 g/mol. The molecule has 0 bridgehead atoms. The van der Waals surface area contributed by atoms with Crippen molar-refractivity contribution in [2.45, 2.75) is 45.1 Å². The van der Waals surface area contributed by atoms with Crippen molar-refractivity contribution < 1.29 is 4.92 Å². The molecule has 1 saturated carbocycles. The first-order valence-electron chi connectivity index (χ1n) is 7.04. The SMILES string of the molecule is CCC1CCCCC1Nc1nc(NN)ccc1[N+](=O)[O-]. The third-order valence-electron chi connectivity index (χ3n) is 3.97. The standard InChI is InChI=1S/C13H21N5O2/c1-2-9-5-3-4-6-10(9)15-13-11(18(19)20)7-8-12(16-13)17-14/h7-10H,2-6,14H2,1H3,(H2,15,16,17). The summed E-state index contributed by atoms with van der Waals surface area (Å²) in [5.41, 5.74) is 2.41. The molecule has 1 heterocycles. The van der Waals surface area contributed by atoms with Crippen LogP contribution < -0.4 is 16.6 Å². The zero-order valence-corrected chi connectivity index (χ0v) is 11.6. The van der Waals surface area contributed by atoms with Crippen LogP contribution >= 0.6 is 0 Å². The minimum atomic E-state index is -0.417. The smallest absolute Gasteiger partial charge is 0.311 e. The molecular weight excluding hydrogens is 258 g/mol. The molecule has 7 nitrogen and oxygen atoms in total. The number of anilines is 2. The molecular formula is C13H21N5O2. The Hall–Kier alpha value is -1.89. The second-order valence-corrected chi connectivity index (χ2v) is 5.17. The fourth-order valence-electron chi connectivity index (χ4n) is 2.85. The highest BCUT2D eigenvalue weighted by Crippen LogP contribution is 2.32. The number of hydrazine groups is 1. The number of rotatable bonds is 5. The Kier molecular flexibility index (Phi) is 4.73. The molecule has 2 rings (SSSR count). The number of nitrogen functional groups attached to an aromatic ring is 1. The molecule has 0 aromatic carbocycles. The number of pyridine rings is 1. The van der Waals surface area contributed by atoms with Gasteiger partial charge in [-0.1, -0.05) is 26.2 Å². The van der Waals surface area contributed by atoms with Gasteiger partial charge in [0, 0.05) is 12.1 Å². The van der Waals surface area contributed by atoms with E-state index in [0.29, 0.717) is 17.6 Å². The van der Waals surface area contributed by atoms with E-state index < -0.39 is 4.92 Å². The van der Waals surface area contributed by atoms with Crippen molar-refractivity contribution in [3.63, 3.8) is 0 Å². The van der Waals surface area contributed by atoms with Gasteiger partial charge in [-0.15, -0.1) is 0 Å². The molecule has 1 aliphatic carbocycles. The summed E-state index contributed by atoms with van der Waals surface area (Å²) in [5.74, 6) is 6.58. The van der Waals surface area contributed by atoms with E-state index >= 15 is 0 Å². The minimum Gasteiger partial charge on any atom is -0.361 e. The van der Waals surface area contributed by atoms with Crippen molar-refractivity contribution >= 4 is 17.3 Å². The maximum atomic E-state index is 11.1. The van der Waals surface area contributed by atoms with Crippen LogP contribution in [0.3, 0.4) is 0 Å². The van der Waals surface area contributed by atoms with E-state index in [1.54, 1.807) is 0 Å². The lowest BCUT2D eigenvalue weighted by Gasteiger charge is -2.31. The summed E-state index contributed by atoms with van der Waals surface area (Å²) in [6.45, 7) is 2.16. The predicted molar refractivity (Wildman–Crippen MR) is 78.4 cm³/mol. The minimum absolute atomic E-state index is 0.00979. The van der Waals surface area contributed by atoms with Crippen LogP contribution in [0.25, 0.3) is 0 Å². The number of aromatic nitrogens is 1. The lowest BCUT2D eigenvalue weighted by molar-refractivity contribution is -0.384. The van der Waals surface area contributed by atoms with Crippen LogP contribution in [0.1, 0.15) is 39.0 Å². The summed E-state index contributed by atoms with van der Waals surface area (Å²) >= 11 is 0. The zero-order valence-electron chi connectivity index (χ0n) is 11.6. The van der Waals surface area contributed by atoms with Crippen LogP contribution in [0.2, 0.25) is 0 Å². The molecule has 1 fully saturated rings. The van der Waals surface area contributed by atoms with Crippen molar-refractivity contribution in [2.75, 3.05) is 10.7 Å². The molecule has 1 aromatic heterocycles. The number of hydrogen-bond donors (Lipinski definition) is 3.